The van der Waals surface area contributed by atoms with Crippen LogP contribution in [0.1, 0.15) is 23.6 Å². The quantitative estimate of drug-likeness (QED) is 0.540. The minimum atomic E-state index is -0.302. The van der Waals surface area contributed by atoms with Crippen molar-refractivity contribution in [2.24, 2.45) is 5.10 Å². The molecular formula is C21H22N4O2. The zero-order valence-corrected chi connectivity index (χ0v) is 15.6. The Hall–Kier alpha value is -3.41. The van der Waals surface area contributed by atoms with Crippen LogP contribution < -0.4 is 10.2 Å². The van der Waals surface area contributed by atoms with Crippen LogP contribution in [-0.2, 0) is 4.79 Å². The minimum absolute atomic E-state index is 0.0841. The molecule has 0 aliphatic heterocycles. The normalized spacial score (nSPS) is 11.3. The van der Waals surface area contributed by atoms with E-state index in [2.05, 4.69) is 21.6 Å². The van der Waals surface area contributed by atoms with Crippen molar-refractivity contribution in [1.82, 2.24) is 15.0 Å². The smallest absolute Gasteiger partial charge is 0.277 e. The van der Waals surface area contributed by atoms with E-state index in [1.54, 1.807) is 12.5 Å². The number of hydrogen-bond donors (Lipinski definition) is 1. The fourth-order valence-electron chi connectivity index (χ4n) is 2.69. The van der Waals surface area contributed by atoms with E-state index in [1.165, 1.54) is 0 Å². The Morgan fingerprint density at radius 1 is 1.15 bits per heavy atom. The van der Waals surface area contributed by atoms with Gasteiger partial charge in [0, 0.05) is 18.1 Å². The lowest BCUT2D eigenvalue weighted by Crippen LogP contribution is -2.25. The second-order valence-corrected chi connectivity index (χ2v) is 6.36. The average Bonchev–Trinajstić information content (AvgIpc) is 3.18. The standard InChI is InChI=1S/C21H22N4O2/c1-15-10-16(2)12-20(11-15)27-13-21(26)24-23-17(3)18-4-6-19(7-5-18)25-9-8-22-14-25/h4-12,14H,13H2,1-3H3,(H,24,26). The molecule has 27 heavy (non-hydrogen) atoms. The molecule has 0 saturated carbocycles. The number of rotatable bonds is 6. The number of carbonyl (C=O) groups excluding carboxylic acids is 1. The SMILES string of the molecule is CC(=NNC(=O)COc1cc(C)cc(C)c1)c1ccc(-n2ccnc2)cc1. The highest BCUT2D eigenvalue weighted by atomic mass is 16.5. The van der Waals surface area contributed by atoms with Gasteiger partial charge in [0.15, 0.2) is 6.61 Å². The van der Waals surface area contributed by atoms with Crippen LogP contribution in [0.15, 0.2) is 66.3 Å². The van der Waals surface area contributed by atoms with Gasteiger partial charge >= 0.3 is 0 Å². The maximum atomic E-state index is 12.0. The molecular weight excluding hydrogens is 340 g/mol. The van der Waals surface area contributed by atoms with Crippen molar-refractivity contribution < 1.29 is 9.53 Å². The van der Waals surface area contributed by atoms with E-state index in [0.29, 0.717) is 11.5 Å². The molecule has 1 N–H and O–H groups in total. The predicted molar refractivity (Wildman–Crippen MR) is 105 cm³/mol. The molecule has 3 aromatic rings. The summed E-state index contributed by atoms with van der Waals surface area (Å²) < 4.78 is 7.45. The fraction of sp³-hybridized carbons (Fsp3) is 0.190. The molecule has 1 heterocycles. The Labute approximate surface area is 158 Å². The third kappa shape index (κ3) is 5.04. The molecule has 3 rings (SSSR count). The van der Waals surface area contributed by atoms with E-state index < -0.39 is 0 Å². The topological polar surface area (TPSA) is 68.5 Å². The number of nitrogens with zero attached hydrogens (tertiary/aromatic N) is 3. The molecule has 0 unspecified atom stereocenters. The first kappa shape index (κ1) is 18.4. The number of hydrogen-bond acceptors (Lipinski definition) is 4. The first-order valence-corrected chi connectivity index (χ1v) is 8.64. The van der Waals surface area contributed by atoms with Crippen molar-refractivity contribution in [2.45, 2.75) is 20.8 Å². The number of ether oxygens (including phenoxy) is 1. The number of carbonyl (C=O) groups is 1. The summed E-state index contributed by atoms with van der Waals surface area (Å²) in [6.07, 6.45) is 5.36. The Balaban J connectivity index is 1.55. The third-order valence-electron chi connectivity index (χ3n) is 4.00. The van der Waals surface area contributed by atoms with E-state index in [4.69, 9.17) is 4.74 Å². The number of amides is 1. The molecule has 1 aromatic heterocycles. The highest BCUT2D eigenvalue weighted by molar-refractivity contribution is 5.99. The summed E-state index contributed by atoms with van der Waals surface area (Å²) in [6.45, 7) is 5.74. The monoisotopic (exact) mass is 362 g/mol. The van der Waals surface area contributed by atoms with Gasteiger partial charge in [0.25, 0.3) is 5.91 Å². The molecule has 138 valence electrons. The molecule has 0 aliphatic carbocycles. The Kier molecular flexibility index (Phi) is 5.66. The van der Waals surface area contributed by atoms with Crippen molar-refractivity contribution in [3.05, 3.63) is 77.9 Å². The Morgan fingerprint density at radius 2 is 1.85 bits per heavy atom. The van der Waals surface area contributed by atoms with Crippen LogP contribution in [0.25, 0.3) is 5.69 Å². The van der Waals surface area contributed by atoms with Crippen LogP contribution in [-0.4, -0.2) is 27.8 Å². The lowest BCUT2D eigenvalue weighted by molar-refractivity contribution is -0.123. The second-order valence-electron chi connectivity index (χ2n) is 6.36. The molecule has 2 aromatic carbocycles. The molecule has 0 saturated heterocycles. The van der Waals surface area contributed by atoms with Crippen molar-refractivity contribution in [2.75, 3.05) is 6.61 Å². The highest BCUT2D eigenvalue weighted by Gasteiger charge is 2.04. The van der Waals surface area contributed by atoms with Crippen LogP contribution >= 0.6 is 0 Å². The fourth-order valence-corrected chi connectivity index (χ4v) is 2.69. The van der Waals surface area contributed by atoms with E-state index in [0.717, 1.165) is 22.4 Å². The zero-order valence-electron chi connectivity index (χ0n) is 15.6. The number of imidazole rings is 1. The summed E-state index contributed by atoms with van der Waals surface area (Å²) >= 11 is 0. The lowest BCUT2D eigenvalue weighted by atomic mass is 10.1. The van der Waals surface area contributed by atoms with Gasteiger partial charge in [-0.05, 0) is 61.7 Å². The second kappa shape index (κ2) is 8.31. The van der Waals surface area contributed by atoms with Crippen LogP contribution in [0.2, 0.25) is 0 Å². The van der Waals surface area contributed by atoms with E-state index >= 15 is 0 Å². The van der Waals surface area contributed by atoms with Crippen molar-refractivity contribution in [1.29, 1.82) is 0 Å². The van der Waals surface area contributed by atoms with Gasteiger partial charge < -0.3 is 9.30 Å². The molecule has 6 heteroatoms. The van der Waals surface area contributed by atoms with Gasteiger partial charge in [-0.15, -0.1) is 0 Å². The molecule has 0 radical (unpaired) electrons. The summed E-state index contributed by atoms with van der Waals surface area (Å²) in [5, 5.41) is 4.15. The maximum Gasteiger partial charge on any atom is 0.277 e. The Morgan fingerprint density at radius 3 is 2.48 bits per heavy atom. The molecule has 0 aliphatic rings. The zero-order chi connectivity index (χ0) is 19.2. The molecule has 6 nitrogen and oxygen atoms in total. The predicted octanol–water partition coefficient (Wildman–Crippen LogP) is 3.41. The van der Waals surface area contributed by atoms with E-state index in [1.807, 2.05) is 67.9 Å². The highest BCUT2D eigenvalue weighted by Crippen LogP contribution is 2.16. The van der Waals surface area contributed by atoms with Crippen LogP contribution in [0.3, 0.4) is 0 Å². The average molecular weight is 362 g/mol. The molecule has 0 fully saturated rings. The van der Waals surface area contributed by atoms with Crippen LogP contribution in [0, 0.1) is 13.8 Å². The summed E-state index contributed by atoms with van der Waals surface area (Å²) in [5.74, 6) is 0.377. The van der Waals surface area contributed by atoms with Gasteiger partial charge in [0.2, 0.25) is 0 Å². The van der Waals surface area contributed by atoms with Gasteiger partial charge in [-0.2, -0.15) is 5.10 Å². The molecule has 0 bridgehead atoms. The van der Waals surface area contributed by atoms with Crippen LogP contribution in [0.4, 0.5) is 0 Å². The van der Waals surface area contributed by atoms with Crippen molar-refractivity contribution >= 4 is 11.6 Å². The summed E-state index contributed by atoms with van der Waals surface area (Å²) in [4.78, 5) is 16.0. The Bertz CT molecular complexity index is 925. The number of aryl methyl sites for hydroxylation is 2. The number of aromatic nitrogens is 2. The minimum Gasteiger partial charge on any atom is -0.484 e. The first-order valence-electron chi connectivity index (χ1n) is 8.64. The largest absolute Gasteiger partial charge is 0.484 e. The number of nitrogens with one attached hydrogen (secondary N) is 1. The molecule has 0 spiro atoms. The van der Waals surface area contributed by atoms with E-state index in [-0.39, 0.29) is 12.5 Å². The summed E-state index contributed by atoms with van der Waals surface area (Å²) in [7, 11) is 0. The number of benzene rings is 2. The van der Waals surface area contributed by atoms with Gasteiger partial charge in [-0.1, -0.05) is 18.2 Å². The van der Waals surface area contributed by atoms with Crippen molar-refractivity contribution in [3.63, 3.8) is 0 Å². The van der Waals surface area contributed by atoms with Gasteiger partial charge in [-0.3, -0.25) is 4.79 Å². The maximum absolute atomic E-state index is 12.0. The molecule has 1 amide bonds. The summed E-state index contributed by atoms with van der Waals surface area (Å²) in [5.41, 5.74) is 7.37. The third-order valence-corrected chi connectivity index (χ3v) is 4.00. The van der Waals surface area contributed by atoms with Gasteiger partial charge in [-0.25, -0.2) is 10.4 Å². The van der Waals surface area contributed by atoms with Crippen molar-refractivity contribution in [3.8, 4) is 11.4 Å². The van der Waals surface area contributed by atoms with Gasteiger partial charge in [0.1, 0.15) is 5.75 Å². The van der Waals surface area contributed by atoms with Crippen LogP contribution in [0.5, 0.6) is 5.75 Å². The lowest BCUT2D eigenvalue weighted by Gasteiger charge is -2.08. The van der Waals surface area contributed by atoms with E-state index in [9.17, 15) is 4.79 Å². The number of hydrazone groups is 1. The molecule has 0 atom stereocenters. The first-order chi connectivity index (χ1) is 13.0. The van der Waals surface area contributed by atoms with Gasteiger partial charge in [0.05, 0.1) is 12.0 Å². The summed E-state index contributed by atoms with van der Waals surface area (Å²) in [6, 6.07) is 13.7.